The van der Waals surface area contributed by atoms with Gasteiger partial charge < -0.3 is 18.9 Å². The summed E-state index contributed by atoms with van der Waals surface area (Å²) in [6.45, 7) is 10.8. The number of carbonyl (C=O) groups is 1. The van der Waals surface area contributed by atoms with Crippen molar-refractivity contribution in [3.8, 4) is 0 Å². The minimum Gasteiger partial charge on any atom is -0.355 e. The van der Waals surface area contributed by atoms with Gasteiger partial charge in [0.2, 0.25) is 15.9 Å². The smallest absolute Gasteiger partial charge is 0.248 e. The highest BCUT2D eigenvalue weighted by Crippen LogP contribution is 2.34. The number of carbonyl (C=O) groups excluding carboxylic acids is 1. The molecule has 2 aromatic rings. The number of benzene rings is 1. The molecule has 3 fully saturated rings. The van der Waals surface area contributed by atoms with Gasteiger partial charge in [-0.1, -0.05) is 28.9 Å². The number of ether oxygens (including phenoxy) is 2. The molecule has 1 spiro atoms. The van der Waals surface area contributed by atoms with Crippen LogP contribution in [0.15, 0.2) is 21.6 Å². The Morgan fingerprint density at radius 2 is 1.58 bits per heavy atom. The SMILES string of the molecule is Cc1cc(C)c(/C=C/c2onc(C)c2S(=O)(=O)N2CCC(C(=O)N3CCC4(CC3)OCCO4)CC2)c(C)c1. The fraction of sp³-hybridized carbons (Fsp3) is 0.571. The maximum atomic E-state index is 13.7. The number of hydrogen-bond acceptors (Lipinski definition) is 7. The molecule has 1 aromatic heterocycles. The third kappa shape index (κ3) is 5.19. The lowest BCUT2D eigenvalue weighted by Gasteiger charge is -2.40. The number of sulfonamides is 1. The Bertz CT molecular complexity index is 1300. The van der Waals surface area contributed by atoms with E-state index in [0.717, 1.165) is 16.7 Å². The quantitative estimate of drug-likeness (QED) is 0.565. The number of rotatable bonds is 5. The van der Waals surface area contributed by atoms with Gasteiger partial charge in [0.25, 0.3) is 0 Å². The minimum atomic E-state index is -3.83. The first-order valence-electron chi connectivity index (χ1n) is 13.4. The molecule has 5 rings (SSSR count). The van der Waals surface area contributed by atoms with E-state index in [0.29, 0.717) is 57.7 Å². The molecular formula is C28H37N3O6S. The van der Waals surface area contributed by atoms with Crippen molar-refractivity contribution in [1.29, 1.82) is 0 Å². The summed E-state index contributed by atoms with van der Waals surface area (Å²) in [5.74, 6) is -0.383. The van der Waals surface area contributed by atoms with Gasteiger partial charge in [0.15, 0.2) is 16.4 Å². The van der Waals surface area contributed by atoms with E-state index < -0.39 is 15.8 Å². The highest BCUT2D eigenvalue weighted by molar-refractivity contribution is 7.89. The number of aryl methyl sites for hydroxylation is 4. The van der Waals surface area contributed by atoms with Gasteiger partial charge >= 0.3 is 0 Å². The van der Waals surface area contributed by atoms with E-state index in [2.05, 4.69) is 24.2 Å². The van der Waals surface area contributed by atoms with Crippen LogP contribution < -0.4 is 0 Å². The molecule has 206 valence electrons. The Morgan fingerprint density at radius 1 is 0.974 bits per heavy atom. The molecule has 0 atom stereocenters. The highest BCUT2D eigenvalue weighted by Gasteiger charge is 2.42. The molecule has 3 aliphatic heterocycles. The van der Waals surface area contributed by atoms with E-state index >= 15 is 0 Å². The average molecular weight is 544 g/mol. The number of piperidine rings is 2. The Morgan fingerprint density at radius 3 is 2.18 bits per heavy atom. The molecule has 3 aliphatic rings. The molecule has 1 aromatic carbocycles. The predicted molar refractivity (Wildman–Crippen MR) is 143 cm³/mol. The van der Waals surface area contributed by atoms with E-state index in [-0.39, 0.29) is 35.6 Å². The van der Waals surface area contributed by atoms with Crippen LogP contribution >= 0.6 is 0 Å². The van der Waals surface area contributed by atoms with Crippen molar-refractivity contribution in [3.63, 3.8) is 0 Å². The molecule has 0 N–H and O–H groups in total. The van der Waals surface area contributed by atoms with Crippen molar-refractivity contribution in [1.82, 2.24) is 14.4 Å². The standard InChI is InChI=1S/C28H37N3O6S/c1-19-17-20(2)24(21(3)18-19)5-6-25-26(22(4)29-37-25)38(33,34)31-11-7-23(8-12-31)27(32)30-13-9-28(10-14-30)35-15-16-36-28/h5-6,17-18,23H,7-16H2,1-4H3/b6-5+. The first-order valence-corrected chi connectivity index (χ1v) is 14.8. The Kier molecular flexibility index (Phi) is 7.52. The zero-order valence-electron chi connectivity index (χ0n) is 22.7. The zero-order valence-corrected chi connectivity index (χ0v) is 23.5. The van der Waals surface area contributed by atoms with Crippen molar-refractivity contribution in [3.05, 3.63) is 45.8 Å². The van der Waals surface area contributed by atoms with Gasteiger partial charge in [-0.15, -0.1) is 0 Å². The van der Waals surface area contributed by atoms with E-state index in [1.165, 1.54) is 9.87 Å². The van der Waals surface area contributed by atoms with Crippen LogP contribution in [0.5, 0.6) is 0 Å². The summed E-state index contributed by atoms with van der Waals surface area (Å²) in [5.41, 5.74) is 4.76. The maximum Gasteiger partial charge on any atom is 0.248 e. The largest absolute Gasteiger partial charge is 0.355 e. The van der Waals surface area contributed by atoms with Crippen LogP contribution in [0.25, 0.3) is 12.2 Å². The topological polar surface area (TPSA) is 102 Å². The Labute approximate surface area is 224 Å². The molecule has 0 unspecified atom stereocenters. The fourth-order valence-corrected chi connectivity index (χ4v) is 7.72. The number of hydrogen-bond donors (Lipinski definition) is 0. The summed E-state index contributed by atoms with van der Waals surface area (Å²) < 4.78 is 45.8. The van der Waals surface area contributed by atoms with Crippen molar-refractivity contribution in [2.45, 2.75) is 64.1 Å². The van der Waals surface area contributed by atoms with Crippen LogP contribution in [0, 0.1) is 33.6 Å². The normalized spacial score (nSPS) is 21.1. The van der Waals surface area contributed by atoms with Crippen LogP contribution in [-0.2, 0) is 24.3 Å². The molecule has 0 radical (unpaired) electrons. The van der Waals surface area contributed by atoms with Gasteiger partial charge in [-0.3, -0.25) is 4.79 Å². The van der Waals surface area contributed by atoms with E-state index in [1.54, 1.807) is 13.0 Å². The van der Waals surface area contributed by atoms with Gasteiger partial charge in [0.1, 0.15) is 5.69 Å². The number of aromatic nitrogens is 1. The van der Waals surface area contributed by atoms with Crippen molar-refractivity contribution < 1.29 is 27.2 Å². The second-order valence-corrected chi connectivity index (χ2v) is 12.6. The van der Waals surface area contributed by atoms with Gasteiger partial charge in [-0.2, -0.15) is 4.31 Å². The second kappa shape index (κ2) is 10.6. The molecular weight excluding hydrogens is 506 g/mol. The van der Waals surface area contributed by atoms with E-state index in [1.807, 2.05) is 24.8 Å². The van der Waals surface area contributed by atoms with Gasteiger partial charge in [0.05, 0.1) is 13.2 Å². The van der Waals surface area contributed by atoms with Crippen LogP contribution in [0.3, 0.4) is 0 Å². The molecule has 38 heavy (non-hydrogen) atoms. The lowest BCUT2D eigenvalue weighted by atomic mass is 9.94. The second-order valence-electron chi connectivity index (χ2n) is 10.7. The number of amides is 1. The highest BCUT2D eigenvalue weighted by atomic mass is 32.2. The lowest BCUT2D eigenvalue weighted by Crippen LogP contribution is -2.50. The number of nitrogens with zero attached hydrogens (tertiary/aromatic N) is 3. The average Bonchev–Trinajstić information content (AvgIpc) is 3.50. The fourth-order valence-electron chi connectivity index (χ4n) is 6.00. The molecule has 0 bridgehead atoms. The van der Waals surface area contributed by atoms with Crippen LogP contribution in [-0.4, -0.2) is 73.9 Å². The molecule has 4 heterocycles. The molecule has 1 amide bonds. The molecule has 0 aliphatic carbocycles. The first kappa shape index (κ1) is 27.1. The first-order chi connectivity index (χ1) is 18.1. The molecule has 0 saturated carbocycles. The summed E-state index contributed by atoms with van der Waals surface area (Å²) >= 11 is 0. The Balaban J connectivity index is 1.25. The number of likely N-dealkylation sites (tertiary alicyclic amines) is 1. The van der Waals surface area contributed by atoms with Gasteiger partial charge in [-0.05, 0) is 63.3 Å². The van der Waals surface area contributed by atoms with E-state index in [4.69, 9.17) is 14.0 Å². The van der Waals surface area contributed by atoms with Crippen LogP contribution in [0.1, 0.15) is 59.4 Å². The van der Waals surface area contributed by atoms with E-state index in [9.17, 15) is 13.2 Å². The van der Waals surface area contributed by atoms with Crippen molar-refractivity contribution in [2.75, 3.05) is 39.4 Å². The summed E-state index contributed by atoms with van der Waals surface area (Å²) in [6, 6.07) is 4.19. The molecule has 9 nitrogen and oxygen atoms in total. The summed E-state index contributed by atoms with van der Waals surface area (Å²) in [4.78, 5) is 15.2. The zero-order chi connectivity index (χ0) is 27.1. The molecule has 10 heteroatoms. The van der Waals surface area contributed by atoms with Crippen LogP contribution in [0.4, 0.5) is 0 Å². The third-order valence-corrected chi connectivity index (χ3v) is 10.1. The monoisotopic (exact) mass is 543 g/mol. The van der Waals surface area contributed by atoms with Crippen molar-refractivity contribution >= 4 is 28.1 Å². The summed E-state index contributed by atoms with van der Waals surface area (Å²) in [5, 5.41) is 3.97. The summed E-state index contributed by atoms with van der Waals surface area (Å²) in [6.07, 6.45) is 5.91. The third-order valence-electron chi connectivity index (χ3n) is 8.02. The lowest BCUT2D eigenvalue weighted by molar-refractivity contribution is -0.188. The summed E-state index contributed by atoms with van der Waals surface area (Å²) in [7, 11) is -3.83. The van der Waals surface area contributed by atoms with Crippen LogP contribution in [0.2, 0.25) is 0 Å². The Hall–Kier alpha value is -2.53. The maximum absolute atomic E-state index is 13.7. The van der Waals surface area contributed by atoms with Crippen molar-refractivity contribution in [2.24, 2.45) is 5.92 Å². The molecule has 3 saturated heterocycles. The van der Waals surface area contributed by atoms with Gasteiger partial charge in [0, 0.05) is 44.9 Å². The predicted octanol–water partition coefficient (Wildman–Crippen LogP) is 3.84. The van der Waals surface area contributed by atoms with Gasteiger partial charge in [-0.25, -0.2) is 8.42 Å². The minimum absolute atomic E-state index is 0.0961.